The average Bonchev–Trinajstić information content (AvgIpc) is 2.77. The van der Waals surface area contributed by atoms with E-state index in [4.69, 9.17) is 10.5 Å². The van der Waals surface area contributed by atoms with Crippen molar-refractivity contribution >= 4 is 0 Å². The molecule has 0 bridgehead atoms. The van der Waals surface area contributed by atoms with Gasteiger partial charge in [-0.1, -0.05) is 0 Å². The molecular formula is C8H12N4O3. The summed E-state index contributed by atoms with van der Waals surface area (Å²) in [7, 11) is 0. The lowest BCUT2D eigenvalue weighted by molar-refractivity contribution is -0.0379. The van der Waals surface area contributed by atoms with Crippen molar-refractivity contribution in [3.05, 3.63) is 21.0 Å². The largest absolute Gasteiger partial charge is 0.376 e. The molecule has 0 aromatic carbocycles. The number of hydrogen-bond acceptors (Lipinski definition) is 4. The maximum absolute atomic E-state index is 11.4. The second kappa shape index (κ2) is 2.83. The molecule has 1 aromatic rings. The number of H-pyrrole nitrogens is 2. The summed E-state index contributed by atoms with van der Waals surface area (Å²) in [6.07, 6.45) is 0.842. The predicted octanol–water partition coefficient (Wildman–Crippen LogP) is -1.85. The topological polar surface area (TPSA) is 106 Å². The third-order valence-corrected chi connectivity index (χ3v) is 3.42. The molecule has 1 aliphatic heterocycles. The molecule has 2 aliphatic rings. The zero-order chi connectivity index (χ0) is 10.6. The summed E-state index contributed by atoms with van der Waals surface area (Å²) in [4.78, 5) is 22.7. The Hall–Kier alpha value is -1.34. The number of aromatic amines is 2. The van der Waals surface area contributed by atoms with Gasteiger partial charge < -0.3 is 10.5 Å². The average molecular weight is 212 g/mol. The van der Waals surface area contributed by atoms with E-state index in [1.807, 2.05) is 0 Å². The quantitative estimate of drug-likeness (QED) is 0.508. The van der Waals surface area contributed by atoms with Gasteiger partial charge in [0, 0.05) is 18.6 Å². The van der Waals surface area contributed by atoms with Crippen molar-refractivity contribution in [1.29, 1.82) is 0 Å². The first-order valence-corrected chi connectivity index (χ1v) is 4.96. The number of ether oxygens (including phenoxy) is 1. The maximum Gasteiger partial charge on any atom is 0.344 e. The van der Waals surface area contributed by atoms with Crippen LogP contribution in [0.4, 0.5) is 0 Å². The van der Waals surface area contributed by atoms with Crippen molar-refractivity contribution < 1.29 is 4.74 Å². The normalized spacial score (nSPS) is 38.7. The minimum Gasteiger partial charge on any atom is -0.376 e. The van der Waals surface area contributed by atoms with Crippen molar-refractivity contribution in [2.45, 2.75) is 24.6 Å². The van der Waals surface area contributed by atoms with Gasteiger partial charge in [-0.25, -0.2) is 24.4 Å². The smallest absolute Gasteiger partial charge is 0.344 e. The van der Waals surface area contributed by atoms with Crippen LogP contribution in [0.5, 0.6) is 0 Å². The fourth-order valence-corrected chi connectivity index (χ4v) is 2.63. The number of rotatable bonds is 1. The van der Waals surface area contributed by atoms with E-state index in [0.717, 1.165) is 11.0 Å². The van der Waals surface area contributed by atoms with E-state index >= 15 is 0 Å². The number of nitrogens with two attached hydrogens (primary N) is 1. The van der Waals surface area contributed by atoms with Gasteiger partial charge in [0.2, 0.25) is 0 Å². The molecule has 1 saturated heterocycles. The summed E-state index contributed by atoms with van der Waals surface area (Å²) in [6.45, 7) is 0.663. The van der Waals surface area contributed by atoms with Crippen LogP contribution in [0, 0.1) is 5.92 Å². The first-order valence-electron chi connectivity index (χ1n) is 4.96. The van der Waals surface area contributed by atoms with Gasteiger partial charge in [-0.3, -0.25) is 0 Å². The van der Waals surface area contributed by atoms with Gasteiger partial charge in [-0.05, 0) is 6.42 Å². The van der Waals surface area contributed by atoms with E-state index in [-0.39, 0.29) is 24.1 Å². The molecule has 4 atom stereocenters. The van der Waals surface area contributed by atoms with Gasteiger partial charge in [0.15, 0.2) is 0 Å². The van der Waals surface area contributed by atoms with E-state index in [1.54, 1.807) is 0 Å². The second-order valence-corrected chi connectivity index (χ2v) is 4.09. The lowest BCUT2D eigenvalue weighted by atomic mass is 9.72. The van der Waals surface area contributed by atoms with Crippen molar-refractivity contribution in [2.24, 2.45) is 11.7 Å². The lowest BCUT2D eigenvalue weighted by Crippen LogP contribution is -2.61. The van der Waals surface area contributed by atoms with Crippen LogP contribution in [0.2, 0.25) is 0 Å². The summed E-state index contributed by atoms with van der Waals surface area (Å²) >= 11 is 0. The molecule has 1 saturated carbocycles. The third kappa shape index (κ3) is 1.01. The van der Waals surface area contributed by atoms with Gasteiger partial charge >= 0.3 is 11.4 Å². The van der Waals surface area contributed by atoms with Gasteiger partial charge in [-0.15, -0.1) is 0 Å². The summed E-state index contributed by atoms with van der Waals surface area (Å²) < 4.78 is 6.58. The number of hydrogen-bond donors (Lipinski definition) is 3. The van der Waals surface area contributed by atoms with E-state index in [2.05, 4.69) is 10.2 Å². The molecule has 0 spiro atoms. The Morgan fingerprint density at radius 3 is 2.67 bits per heavy atom. The summed E-state index contributed by atoms with van der Waals surface area (Å²) in [6, 6.07) is -0.480. The van der Waals surface area contributed by atoms with E-state index in [0.29, 0.717) is 6.61 Å². The van der Waals surface area contributed by atoms with Crippen LogP contribution in [0.1, 0.15) is 12.5 Å². The van der Waals surface area contributed by atoms with E-state index in [1.165, 1.54) is 0 Å². The van der Waals surface area contributed by atoms with Crippen molar-refractivity contribution in [3.8, 4) is 0 Å². The molecule has 4 N–H and O–H groups in total. The highest BCUT2D eigenvalue weighted by atomic mass is 16.5. The lowest BCUT2D eigenvalue weighted by Gasteiger charge is -2.44. The Balaban J connectivity index is 2.02. The van der Waals surface area contributed by atoms with E-state index in [9.17, 15) is 9.59 Å². The maximum atomic E-state index is 11.4. The highest BCUT2D eigenvalue weighted by molar-refractivity contribution is 5.07. The van der Waals surface area contributed by atoms with Crippen LogP contribution in [-0.4, -0.2) is 33.5 Å². The molecule has 2 fully saturated rings. The fraction of sp³-hybridized carbons (Fsp3) is 0.750. The summed E-state index contributed by atoms with van der Waals surface area (Å²) in [5, 5.41) is 4.49. The molecule has 82 valence electrons. The van der Waals surface area contributed by atoms with Crippen LogP contribution in [0.3, 0.4) is 0 Å². The molecule has 15 heavy (non-hydrogen) atoms. The van der Waals surface area contributed by atoms with Crippen molar-refractivity contribution in [2.75, 3.05) is 6.61 Å². The van der Waals surface area contributed by atoms with Gasteiger partial charge in [0.1, 0.15) is 0 Å². The Kier molecular flexibility index (Phi) is 1.68. The molecule has 1 aromatic heterocycles. The Morgan fingerprint density at radius 2 is 2.00 bits per heavy atom. The zero-order valence-electron chi connectivity index (χ0n) is 7.97. The molecule has 3 rings (SSSR count). The first kappa shape index (κ1) is 8.93. The highest BCUT2D eigenvalue weighted by Gasteiger charge is 2.54. The molecule has 2 heterocycles. The van der Waals surface area contributed by atoms with E-state index < -0.39 is 11.4 Å². The molecule has 1 aliphatic carbocycles. The van der Waals surface area contributed by atoms with Crippen LogP contribution >= 0.6 is 0 Å². The molecule has 4 unspecified atom stereocenters. The SMILES string of the molecule is NC1C2CCOC2C1n1c(=O)[nH][nH]c1=O. The molecular weight excluding hydrogens is 200 g/mol. The van der Waals surface area contributed by atoms with Gasteiger partial charge in [0.05, 0.1) is 12.1 Å². The molecule has 7 heteroatoms. The minimum absolute atomic E-state index is 0.0744. The van der Waals surface area contributed by atoms with Crippen molar-refractivity contribution in [1.82, 2.24) is 14.8 Å². The van der Waals surface area contributed by atoms with Crippen LogP contribution < -0.4 is 17.1 Å². The van der Waals surface area contributed by atoms with Crippen LogP contribution in [0.25, 0.3) is 0 Å². The van der Waals surface area contributed by atoms with Crippen LogP contribution in [0.15, 0.2) is 9.59 Å². The number of aromatic nitrogens is 3. The molecule has 0 radical (unpaired) electrons. The molecule has 7 nitrogen and oxygen atoms in total. The monoisotopic (exact) mass is 212 g/mol. The minimum atomic E-state index is -0.450. The van der Waals surface area contributed by atoms with Crippen LogP contribution in [-0.2, 0) is 4.74 Å². The predicted molar refractivity (Wildman–Crippen MR) is 50.5 cm³/mol. The zero-order valence-corrected chi connectivity index (χ0v) is 7.97. The third-order valence-electron chi connectivity index (χ3n) is 3.42. The second-order valence-electron chi connectivity index (χ2n) is 4.09. The fourth-order valence-electron chi connectivity index (χ4n) is 2.63. The molecule has 0 amide bonds. The Morgan fingerprint density at radius 1 is 1.33 bits per heavy atom. The highest BCUT2D eigenvalue weighted by Crippen LogP contribution is 2.44. The number of nitrogens with one attached hydrogen (secondary N) is 2. The van der Waals surface area contributed by atoms with Gasteiger partial charge in [-0.2, -0.15) is 0 Å². The van der Waals surface area contributed by atoms with Gasteiger partial charge in [0.25, 0.3) is 0 Å². The number of fused-ring (bicyclic) bond motifs is 1. The Bertz CT molecular complexity index is 459. The Labute approximate surface area is 84.2 Å². The summed E-state index contributed by atoms with van der Waals surface area (Å²) in [5.74, 6) is 0.288. The summed E-state index contributed by atoms with van der Waals surface area (Å²) in [5.41, 5.74) is 5.03. The number of nitrogens with zero attached hydrogens (tertiary/aromatic N) is 1. The van der Waals surface area contributed by atoms with Crippen molar-refractivity contribution in [3.63, 3.8) is 0 Å². The first-order chi connectivity index (χ1) is 7.20. The standard InChI is InChI=1S/C8H12N4O3/c9-4-3-1-2-15-6(3)5(4)12-7(13)10-11-8(12)14/h3-6H,1-2,9H2,(H,10,13)(H,11,14).